The standard InChI is InChI=1S/C22H31FN6/c1-4-24-22(26-14-18-5-7-20(23)17(2)13-18)27-16-19-6-8-21(25-15-19)29-11-9-28(3)10-12-29/h5-8,13,15H,4,9-12,14,16H2,1-3H3,(H2,24,26,27). The second-order valence-electron chi connectivity index (χ2n) is 7.45. The predicted octanol–water partition coefficient (Wildman–Crippen LogP) is 2.54. The number of aliphatic imine (C=N–C) groups is 1. The molecular formula is C22H31FN6. The summed E-state index contributed by atoms with van der Waals surface area (Å²) in [4.78, 5) is 13.9. The van der Waals surface area contributed by atoms with E-state index in [9.17, 15) is 4.39 Å². The molecule has 1 aromatic heterocycles. The Hall–Kier alpha value is -2.67. The van der Waals surface area contributed by atoms with E-state index in [4.69, 9.17) is 0 Å². The maximum Gasteiger partial charge on any atom is 0.191 e. The Balaban J connectivity index is 1.57. The highest BCUT2D eigenvalue weighted by Gasteiger charge is 2.14. The van der Waals surface area contributed by atoms with Crippen LogP contribution in [0.2, 0.25) is 0 Å². The molecule has 0 bridgehead atoms. The van der Waals surface area contributed by atoms with Gasteiger partial charge in [0, 0.05) is 45.5 Å². The quantitative estimate of drug-likeness (QED) is 0.579. The minimum absolute atomic E-state index is 0.179. The number of hydrogen-bond donors (Lipinski definition) is 2. The highest BCUT2D eigenvalue weighted by molar-refractivity contribution is 5.79. The van der Waals surface area contributed by atoms with E-state index in [1.807, 2.05) is 19.2 Å². The maximum atomic E-state index is 13.4. The third-order valence-electron chi connectivity index (χ3n) is 5.08. The minimum Gasteiger partial charge on any atom is -0.357 e. The van der Waals surface area contributed by atoms with Gasteiger partial charge in [-0.3, -0.25) is 0 Å². The number of halogens is 1. The average Bonchev–Trinajstić information content (AvgIpc) is 2.73. The lowest BCUT2D eigenvalue weighted by Crippen LogP contribution is -2.44. The monoisotopic (exact) mass is 398 g/mol. The van der Waals surface area contributed by atoms with Gasteiger partial charge in [-0.25, -0.2) is 14.4 Å². The largest absolute Gasteiger partial charge is 0.357 e. The van der Waals surface area contributed by atoms with E-state index in [0.29, 0.717) is 18.7 Å². The Kier molecular flexibility index (Phi) is 7.41. The van der Waals surface area contributed by atoms with Crippen LogP contribution in [0.15, 0.2) is 41.5 Å². The first-order chi connectivity index (χ1) is 14.0. The summed E-state index contributed by atoms with van der Waals surface area (Å²) in [5.41, 5.74) is 2.74. The van der Waals surface area contributed by atoms with Crippen molar-refractivity contribution in [3.05, 3.63) is 59.0 Å². The molecule has 0 saturated carbocycles. The van der Waals surface area contributed by atoms with Crippen molar-refractivity contribution in [3.8, 4) is 0 Å². The second-order valence-corrected chi connectivity index (χ2v) is 7.45. The summed E-state index contributed by atoms with van der Waals surface area (Å²) in [5, 5.41) is 6.55. The molecule has 6 nitrogen and oxygen atoms in total. The summed E-state index contributed by atoms with van der Waals surface area (Å²) in [7, 11) is 2.15. The highest BCUT2D eigenvalue weighted by atomic mass is 19.1. The number of pyridine rings is 1. The zero-order valence-electron chi connectivity index (χ0n) is 17.6. The molecule has 2 N–H and O–H groups in total. The zero-order valence-corrected chi connectivity index (χ0v) is 17.6. The molecule has 2 heterocycles. The minimum atomic E-state index is -0.179. The fraction of sp³-hybridized carbons (Fsp3) is 0.455. The second kappa shape index (κ2) is 10.2. The number of nitrogens with zero attached hydrogens (tertiary/aromatic N) is 4. The molecule has 7 heteroatoms. The van der Waals surface area contributed by atoms with Gasteiger partial charge in [-0.1, -0.05) is 18.2 Å². The molecule has 1 aliphatic heterocycles. The lowest BCUT2D eigenvalue weighted by molar-refractivity contribution is 0.312. The Labute approximate surface area is 172 Å². The zero-order chi connectivity index (χ0) is 20.6. The van der Waals surface area contributed by atoms with E-state index in [2.05, 4.69) is 49.6 Å². The fourth-order valence-corrected chi connectivity index (χ4v) is 3.25. The van der Waals surface area contributed by atoms with Crippen molar-refractivity contribution in [2.24, 2.45) is 4.99 Å². The highest BCUT2D eigenvalue weighted by Crippen LogP contribution is 2.14. The lowest BCUT2D eigenvalue weighted by atomic mass is 10.1. The molecule has 0 unspecified atom stereocenters. The SMILES string of the molecule is CCNC(=NCc1ccc(N2CCN(C)CC2)nc1)NCc1ccc(F)c(C)c1. The number of aromatic nitrogens is 1. The molecular weight excluding hydrogens is 367 g/mol. The third-order valence-corrected chi connectivity index (χ3v) is 5.08. The molecule has 0 amide bonds. The number of piperazine rings is 1. The molecule has 0 atom stereocenters. The summed E-state index contributed by atoms with van der Waals surface area (Å²) in [6, 6.07) is 9.33. The summed E-state index contributed by atoms with van der Waals surface area (Å²) < 4.78 is 13.4. The van der Waals surface area contributed by atoms with Crippen LogP contribution in [0.4, 0.5) is 10.2 Å². The summed E-state index contributed by atoms with van der Waals surface area (Å²) in [6.45, 7) is 9.88. The molecule has 0 radical (unpaired) electrons. The molecule has 156 valence electrons. The number of guanidine groups is 1. The number of benzene rings is 1. The Morgan fingerprint density at radius 3 is 2.52 bits per heavy atom. The smallest absolute Gasteiger partial charge is 0.191 e. The molecule has 1 aromatic carbocycles. The summed E-state index contributed by atoms with van der Waals surface area (Å²) in [5.74, 6) is 1.59. The van der Waals surface area contributed by atoms with E-state index in [1.165, 1.54) is 6.07 Å². The van der Waals surface area contributed by atoms with Crippen molar-refractivity contribution >= 4 is 11.8 Å². The average molecular weight is 399 g/mol. The first-order valence-corrected chi connectivity index (χ1v) is 10.2. The number of likely N-dealkylation sites (N-methyl/N-ethyl adjacent to an activating group) is 1. The molecule has 29 heavy (non-hydrogen) atoms. The van der Waals surface area contributed by atoms with E-state index in [-0.39, 0.29) is 5.82 Å². The third kappa shape index (κ3) is 6.15. The van der Waals surface area contributed by atoms with Crippen LogP contribution in [0.5, 0.6) is 0 Å². The number of aryl methyl sites for hydroxylation is 1. The van der Waals surface area contributed by atoms with Gasteiger partial charge in [-0.15, -0.1) is 0 Å². The molecule has 0 aliphatic carbocycles. The fourth-order valence-electron chi connectivity index (χ4n) is 3.25. The maximum absolute atomic E-state index is 13.4. The molecule has 1 aliphatic rings. The van der Waals surface area contributed by atoms with E-state index >= 15 is 0 Å². The van der Waals surface area contributed by atoms with Gasteiger partial charge in [-0.2, -0.15) is 0 Å². The van der Waals surface area contributed by atoms with Crippen LogP contribution in [-0.2, 0) is 13.1 Å². The van der Waals surface area contributed by atoms with Crippen molar-refractivity contribution in [2.45, 2.75) is 26.9 Å². The van der Waals surface area contributed by atoms with Crippen molar-refractivity contribution in [1.29, 1.82) is 0 Å². The van der Waals surface area contributed by atoms with Crippen LogP contribution in [0.3, 0.4) is 0 Å². The van der Waals surface area contributed by atoms with Crippen molar-refractivity contribution in [1.82, 2.24) is 20.5 Å². The molecule has 1 fully saturated rings. The van der Waals surface area contributed by atoms with Gasteiger partial charge >= 0.3 is 0 Å². The van der Waals surface area contributed by atoms with Crippen molar-refractivity contribution < 1.29 is 4.39 Å². The summed E-state index contributed by atoms with van der Waals surface area (Å²) in [6.07, 6.45) is 1.91. The Bertz CT molecular complexity index is 813. The molecule has 1 saturated heterocycles. The van der Waals surface area contributed by atoms with Gasteiger partial charge in [0.05, 0.1) is 6.54 Å². The van der Waals surface area contributed by atoms with Crippen LogP contribution >= 0.6 is 0 Å². The van der Waals surface area contributed by atoms with Crippen molar-refractivity contribution in [2.75, 3.05) is 44.7 Å². The predicted molar refractivity (Wildman–Crippen MR) is 117 cm³/mol. The van der Waals surface area contributed by atoms with E-state index in [1.54, 1.807) is 13.0 Å². The van der Waals surface area contributed by atoms with Gasteiger partial charge in [-0.05, 0) is 49.7 Å². The molecule has 2 aromatic rings. The number of nitrogens with one attached hydrogen (secondary N) is 2. The van der Waals surface area contributed by atoms with E-state index in [0.717, 1.165) is 55.6 Å². The van der Waals surface area contributed by atoms with E-state index < -0.39 is 0 Å². The molecule has 0 spiro atoms. The van der Waals surface area contributed by atoms with Gasteiger partial charge in [0.1, 0.15) is 11.6 Å². The number of rotatable bonds is 6. The Morgan fingerprint density at radius 1 is 1.10 bits per heavy atom. The topological polar surface area (TPSA) is 55.8 Å². The number of hydrogen-bond acceptors (Lipinski definition) is 4. The van der Waals surface area contributed by atoms with Crippen molar-refractivity contribution in [3.63, 3.8) is 0 Å². The van der Waals surface area contributed by atoms with Crippen LogP contribution in [-0.4, -0.2) is 55.6 Å². The Morgan fingerprint density at radius 2 is 1.86 bits per heavy atom. The summed E-state index contributed by atoms with van der Waals surface area (Å²) >= 11 is 0. The first-order valence-electron chi connectivity index (χ1n) is 10.2. The van der Waals surface area contributed by atoms with Gasteiger partial charge in [0.15, 0.2) is 5.96 Å². The first kappa shape index (κ1) is 21.0. The van der Waals surface area contributed by atoms with Gasteiger partial charge in [0.25, 0.3) is 0 Å². The number of anilines is 1. The van der Waals surface area contributed by atoms with Gasteiger partial charge < -0.3 is 20.4 Å². The van der Waals surface area contributed by atoms with Gasteiger partial charge in [0.2, 0.25) is 0 Å². The van der Waals surface area contributed by atoms with Crippen LogP contribution in [0.1, 0.15) is 23.6 Å². The normalized spacial score (nSPS) is 15.4. The van der Waals surface area contributed by atoms with Crippen LogP contribution < -0.4 is 15.5 Å². The molecule has 3 rings (SSSR count). The lowest BCUT2D eigenvalue weighted by Gasteiger charge is -2.33. The van der Waals surface area contributed by atoms with Crippen LogP contribution in [0, 0.1) is 12.7 Å². The van der Waals surface area contributed by atoms with Crippen LogP contribution in [0.25, 0.3) is 0 Å².